The fourth-order valence-electron chi connectivity index (χ4n) is 3.27. The summed E-state index contributed by atoms with van der Waals surface area (Å²) < 4.78 is 0. The summed E-state index contributed by atoms with van der Waals surface area (Å²) in [6, 6.07) is 9.16. The first-order valence-electron chi connectivity index (χ1n) is 6.86. The van der Waals surface area contributed by atoms with Crippen molar-refractivity contribution in [3.63, 3.8) is 0 Å². The summed E-state index contributed by atoms with van der Waals surface area (Å²) in [6.45, 7) is 4.83. The third-order valence-electron chi connectivity index (χ3n) is 4.44. The van der Waals surface area contributed by atoms with Crippen molar-refractivity contribution in [2.45, 2.75) is 30.2 Å². The second kappa shape index (κ2) is 5.24. The predicted molar refractivity (Wildman–Crippen MR) is 76.1 cm³/mol. The molecule has 1 aromatic rings. The third kappa shape index (κ3) is 2.20. The summed E-state index contributed by atoms with van der Waals surface area (Å²) in [5, 5.41) is 9.53. The van der Waals surface area contributed by atoms with Crippen LogP contribution in [0.3, 0.4) is 0 Å². The molecule has 3 atom stereocenters. The van der Waals surface area contributed by atoms with Gasteiger partial charge in [-0.05, 0) is 30.5 Å². The van der Waals surface area contributed by atoms with Crippen molar-refractivity contribution in [3.05, 3.63) is 29.8 Å². The maximum Gasteiger partial charge on any atom is 0.0589 e. The Morgan fingerprint density at radius 3 is 3.06 bits per heavy atom. The molecule has 98 valence electrons. The minimum absolute atomic E-state index is 0.308. The number of likely N-dealkylation sites (tertiary alicyclic amines) is 1. The molecule has 0 amide bonds. The van der Waals surface area contributed by atoms with Gasteiger partial charge < -0.3 is 5.11 Å². The van der Waals surface area contributed by atoms with E-state index in [1.165, 1.54) is 22.6 Å². The first kappa shape index (κ1) is 12.5. The van der Waals surface area contributed by atoms with E-state index in [2.05, 4.69) is 36.1 Å². The van der Waals surface area contributed by atoms with Gasteiger partial charge in [-0.15, -0.1) is 11.8 Å². The number of fused-ring (bicyclic) bond motifs is 1. The van der Waals surface area contributed by atoms with Crippen molar-refractivity contribution in [1.29, 1.82) is 0 Å². The lowest BCUT2D eigenvalue weighted by Gasteiger charge is -2.27. The molecule has 1 saturated heterocycles. The number of aliphatic hydroxyl groups excluding tert-OH is 1. The van der Waals surface area contributed by atoms with Gasteiger partial charge in [0.1, 0.15) is 0 Å². The molecule has 1 aromatic carbocycles. The first-order chi connectivity index (χ1) is 8.79. The van der Waals surface area contributed by atoms with Crippen molar-refractivity contribution < 1.29 is 5.11 Å². The van der Waals surface area contributed by atoms with E-state index in [0.717, 1.165) is 13.1 Å². The van der Waals surface area contributed by atoms with Crippen molar-refractivity contribution in [2.24, 2.45) is 5.92 Å². The Labute approximate surface area is 113 Å². The van der Waals surface area contributed by atoms with Crippen LogP contribution in [0.5, 0.6) is 0 Å². The lowest BCUT2D eigenvalue weighted by atomic mass is 9.99. The molecule has 1 fully saturated rings. The largest absolute Gasteiger partial charge is 0.395 e. The molecule has 2 nitrogen and oxygen atoms in total. The maximum absolute atomic E-state index is 9.53. The van der Waals surface area contributed by atoms with Crippen molar-refractivity contribution in [3.8, 4) is 0 Å². The monoisotopic (exact) mass is 263 g/mol. The van der Waals surface area contributed by atoms with Gasteiger partial charge in [-0.2, -0.15) is 0 Å². The number of benzene rings is 1. The number of hydrogen-bond donors (Lipinski definition) is 1. The summed E-state index contributed by atoms with van der Waals surface area (Å²) in [5.41, 5.74) is 1.51. The van der Waals surface area contributed by atoms with Crippen LogP contribution in [0.15, 0.2) is 29.2 Å². The minimum Gasteiger partial charge on any atom is -0.395 e. The molecule has 0 spiro atoms. The van der Waals surface area contributed by atoms with Crippen molar-refractivity contribution in [1.82, 2.24) is 4.90 Å². The Balaban J connectivity index is 1.71. The van der Waals surface area contributed by atoms with Crippen LogP contribution in [0, 0.1) is 5.92 Å². The zero-order chi connectivity index (χ0) is 12.5. The molecule has 3 heteroatoms. The highest BCUT2D eigenvalue weighted by atomic mass is 32.2. The molecule has 2 aliphatic heterocycles. The third-order valence-corrected chi connectivity index (χ3v) is 5.69. The van der Waals surface area contributed by atoms with E-state index in [0.29, 0.717) is 24.5 Å². The zero-order valence-corrected chi connectivity index (χ0v) is 11.7. The Morgan fingerprint density at radius 1 is 1.39 bits per heavy atom. The van der Waals surface area contributed by atoms with Crippen LogP contribution in [0.4, 0.5) is 0 Å². The van der Waals surface area contributed by atoms with Gasteiger partial charge >= 0.3 is 0 Å². The van der Waals surface area contributed by atoms with Gasteiger partial charge in [-0.3, -0.25) is 4.90 Å². The maximum atomic E-state index is 9.53. The fraction of sp³-hybridized carbons (Fsp3) is 0.600. The highest BCUT2D eigenvalue weighted by Crippen LogP contribution is 2.40. The average molecular weight is 263 g/mol. The van der Waals surface area contributed by atoms with E-state index in [-0.39, 0.29) is 0 Å². The number of hydrogen-bond acceptors (Lipinski definition) is 3. The lowest BCUT2D eigenvalue weighted by molar-refractivity contribution is 0.135. The van der Waals surface area contributed by atoms with Crippen LogP contribution in [0.1, 0.15) is 24.8 Å². The Kier molecular flexibility index (Phi) is 3.64. The summed E-state index contributed by atoms with van der Waals surface area (Å²) in [7, 11) is 0. The molecular weight excluding hydrogens is 242 g/mol. The highest BCUT2D eigenvalue weighted by Gasteiger charge is 2.33. The molecule has 2 aliphatic rings. The van der Waals surface area contributed by atoms with E-state index < -0.39 is 0 Å². The molecule has 0 saturated carbocycles. The van der Waals surface area contributed by atoms with Crippen LogP contribution in [-0.2, 0) is 0 Å². The Hall–Kier alpha value is -0.510. The van der Waals surface area contributed by atoms with Gasteiger partial charge in [0.2, 0.25) is 0 Å². The topological polar surface area (TPSA) is 23.5 Å². The summed E-state index contributed by atoms with van der Waals surface area (Å²) in [6.07, 6.45) is 1.23. The van der Waals surface area contributed by atoms with Crippen molar-refractivity contribution >= 4 is 11.8 Å². The van der Waals surface area contributed by atoms with E-state index in [1.807, 2.05) is 11.8 Å². The predicted octanol–water partition coefficient (Wildman–Crippen LogP) is 2.58. The molecule has 3 rings (SSSR count). The van der Waals surface area contributed by atoms with E-state index in [9.17, 15) is 5.11 Å². The number of rotatable bonds is 3. The van der Waals surface area contributed by atoms with E-state index >= 15 is 0 Å². The number of nitrogens with zero attached hydrogens (tertiary/aromatic N) is 1. The lowest BCUT2D eigenvalue weighted by Crippen LogP contribution is -2.38. The summed E-state index contributed by atoms with van der Waals surface area (Å²) in [4.78, 5) is 3.95. The fourth-order valence-corrected chi connectivity index (χ4v) is 4.52. The van der Waals surface area contributed by atoms with Gasteiger partial charge in [0.05, 0.1) is 6.61 Å². The average Bonchev–Trinajstić information content (AvgIpc) is 2.95. The molecule has 3 unspecified atom stereocenters. The number of thioether (sulfide) groups is 1. The molecule has 0 aliphatic carbocycles. The van der Waals surface area contributed by atoms with Gasteiger partial charge in [-0.25, -0.2) is 0 Å². The normalized spacial score (nSPS) is 31.8. The van der Waals surface area contributed by atoms with Gasteiger partial charge in [0.25, 0.3) is 0 Å². The van der Waals surface area contributed by atoms with Crippen LogP contribution in [0.25, 0.3) is 0 Å². The minimum atomic E-state index is 0.308. The smallest absolute Gasteiger partial charge is 0.0589 e. The second-order valence-corrected chi connectivity index (χ2v) is 6.62. The molecule has 1 N–H and O–H groups in total. The molecule has 0 bridgehead atoms. The molecule has 0 radical (unpaired) electrons. The first-order valence-corrected chi connectivity index (χ1v) is 7.84. The van der Waals surface area contributed by atoms with Crippen LogP contribution in [-0.4, -0.2) is 41.5 Å². The summed E-state index contributed by atoms with van der Waals surface area (Å²) >= 11 is 1.98. The van der Waals surface area contributed by atoms with Gasteiger partial charge in [0.15, 0.2) is 0 Å². The van der Waals surface area contributed by atoms with Crippen molar-refractivity contribution in [2.75, 3.05) is 25.4 Å². The van der Waals surface area contributed by atoms with Crippen LogP contribution >= 0.6 is 11.8 Å². The quantitative estimate of drug-likeness (QED) is 0.906. The zero-order valence-electron chi connectivity index (χ0n) is 10.9. The number of aliphatic hydroxyl groups is 1. The summed E-state index contributed by atoms with van der Waals surface area (Å²) in [5.74, 6) is 2.48. The van der Waals surface area contributed by atoms with Gasteiger partial charge in [0, 0.05) is 29.2 Å². The van der Waals surface area contributed by atoms with Crippen LogP contribution < -0.4 is 0 Å². The molecule has 2 heterocycles. The SMILES string of the molecule is CC1CCN(CC2CSc3ccccc32)C1CO. The van der Waals surface area contributed by atoms with E-state index in [4.69, 9.17) is 0 Å². The molecule has 0 aromatic heterocycles. The van der Waals surface area contributed by atoms with Gasteiger partial charge in [-0.1, -0.05) is 25.1 Å². The highest BCUT2D eigenvalue weighted by molar-refractivity contribution is 7.99. The second-order valence-electron chi connectivity index (χ2n) is 5.56. The molecular formula is C15H21NOS. The Bertz CT molecular complexity index is 423. The Morgan fingerprint density at radius 2 is 2.22 bits per heavy atom. The standard InChI is InChI=1S/C15H21NOS/c1-11-6-7-16(14(11)9-17)8-12-10-18-15-5-3-2-4-13(12)15/h2-5,11-12,14,17H,6-10H2,1H3. The molecule has 18 heavy (non-hydrogen) atoms. The van der Waals surface area contributed by atoms with Crippen LogP contribution in [0.2, 0.25) is 0 Å². The van der Waals surface area contributed by atoms with E-state index in [1.54, 1.807) is 0 Å².